The maximum absolute atomic E-state index is 12.3. The lowest BCUT2D eigenvalue weighted by molar-refractivity contribution is 0.0798. The van der Waals surface area contributed by atoms with Crippen molar-refractivity contribution in [2.75, 3.05) is 32.1 Å². The number of aryl methyl sites for hydroxylation is 1. The van der Waals surface area contributed by atoms with Crippen molar-refractivity contribution in [2.45, 2.75) is 39.3 Å². The van der Waals surface area contributed by atoms with E-state index in [1.54, 1.807) is 0 Å². The average molecular weight is 319 g/mol. The van der Waals surface area contributed by atoms with Crippen LogP contribution in [0.15, 0.2) is 18.2 Å². The first-order valence-electron chi connectivity index (χ1n) is 8.36. The van der Waals surface area contributed by atoms with E-state index in [-0.39, 0.29) is 12.1 Å². The molecule has 1 aromatic rings. The molecule has 1 unspecified atom stereocenters. The molecular weight excluding hydrogens is 290 g/mol. The molecule has 0 bridgehead atoms. The average Bonchev–Trinajstić information content (AvgIpc) is 2.53. The Morgan fingerprint density at radius 3 is 2.61 bits per heavy atom. The number of carbonyl (C=O) groups is 1. The summed E-state index contributed by atoms with van der Waals surface area (Å²) in [5.41, 5.74) is 3.47. The van der Waals surface area contributed by atoms with Crippen LogP contribution in [0.3, 0.4) is 0 Å². The Kier molecular flexibility index (Phi) is 5.88. The number of nitrogens with zero attached hydrogens (tertiary/aromatic N) is 2. The minimum absolute atomic E-state index is 0.0145. The summed E-state index contributed by atoms with van der Waals surface area (Å²) in [7, 11) is 4.03. The molecule has 0 spiro atoms. The van der Waals surface area contributed by atoms with Crippen molar-refractivity contribution in [1.29, 1.82) is 0 Å². The molecule has 1 aromatic carbocycles. The zero-order valence-electron chi connectivity index (χ0n) is 14.7. The summed E-state index contributed by atoms with van der Waals surface area (Å²) < 4.78 is 0. The molecule has 2 amide bonds. The normalized spacial score (nSPS) is 17.0. The fourth-order valence-corrected chi connectivity index (χ4v) is 3.11. The largest absolute Gasteiger partial charge is 0.393 e. The number of aliphatic hydroxyl groups excluding tert-OH is 1. The quantitative estimate of drug-likeness (QED) is 0.896. The number of likely N-dealkylation sites (tertiary alicyclic amines) is 1. The molecule has 1 aliphatic heterocycles. The molecule has 128 valence electrons. The summed E-state index contributed by atoms with van der Waals surface area (Å²) in [4.78, 5) is 16.3. The van der Waals surface area contributed by atoms with Gasteiger partial charge < -0.3 is 20.2 Å². The van der Waals surface area contributed by atoms with Crippen LogP contribution in [0.2, 0.25) is 0 Å². The summed E-state index contributed by atoms with van der Waals surface area (Å²) in [5.74, 6) is 0.316. The number of nitrogens with one attached hydrogen (secondary N) is 1. The van der Waals surface area contributed by atoms with Gasteiger partial charge in [-0.25, -0.2) is 4.79 Å². The van der Waals surface area contributed by atoms with Crippen molar-refractivity contribution in [2.24, 2.45) is 5.92 Å². The molecule has 2 N–H and O–H groups in total. The molecule has 1 fully saturated rings. The van der Waals surface area contributed by atoms with E-state index in [2.05, 4.69) is 35.3 Å². The number of carbonyl (C=O) groups excluding carboxylic acids is 1. The predicted molar refractivity (Wildman–Crippen MR) is 93.7 cm³/mol. The van der Waals surface area contributed by atoms with Crippen molar-refractivity contribution in [3.05, 3.63) is 29.3 Å². The molecule has 2 rings (SSSR count). The van der Waals surface area contributed by atoms with Crippen molar-refractivity contribution in [1.82, 2.24) is 10.2 Å². The second-order valence-corrected chi connectivity index (χ2v) is 6.75. The van der Waals surface area contributed by atoms with Crippen LogP contribution < -0.4 is 10.2 Å². The molecule has 23 heavy (non-hydrogen) atoms. The van der Waals surface area contributed by atoms with E-state index in [0.717, 1.165) is 37.2 Å². The molecule has 1 atom stereocenters. The Morgan fingerprint density at radius 2 is 2.04 bits per heavy atom. The highest BCUT2D eigenvalue weighted by molar-refractivity contribution is 5.74. The van der Waals surface area contributed by atoms with Gasteiger partial charge in [-0.1, -0.05) is 12.1 Å². The van der Waals surface area contributed by atoms with Crippen LogP contribution in [-0.4, -0.2) is 49.3 Å². The van der Waals surface area contributed by atoms with Crippen LogP contribution in [0, 0.1) is 12.8 Å². The Labute approximate surface area is 139 Å². The molecule has 0 aliphatic carbocycles. The predicted octanol–water partition coefficient (Wildman–Crippen LogP) is 2.36. The minimum Gasteiger partial charge on any atom is -0.393 e. The zero-order valence-corrected chi connectivity index (χ0v) is 14.7. The number of amides is 2. The van der Waals surface area contributed by atoms with Crippen LogP contribution in [0.4, 0.5) is 10.5 Å². The van der Waals surface area contributed by atoms with E-state index in [0.29, 0.717) is 12.5 Å². The number of piperidine rings is 1. The summed E-state index contributed by atoms with van der Waals surface area (Å²) in [6.45, 7) is 5.87. The van der Waals surface area contributed by atoms with Crippen LogP contribution >= 0.6 is 0 Å². The third-order valence-corrected chi connectivity index (χ3v) is 4.66. The molecule has 1 aliphatic rings. The lowest BCUT2D eigenvalue weighted by atomic mass is 9.92. The first-order chi connectivity index (χ1) is 10.9. The third-order valence-electron chi connectivity index (χ3n) is 4.66. The van der Waals surface area contributed by atoms with Gasteiger partial charge in [0.05, 0.1) is 6.10 Å². The summed E-state index contributed by atoms with van der Waals surface area (Å²) in [6, 6.07) is 6.27. The van der Waals surface area contributed by atoms with Crippen LogP contribution in [-0.2, 0) is 6.54 Å². The van der Waals surface area contributed by atoms with Gasteiger partial charge in [-0.2, -0.15) is 0 Å². The number of benzene rings is 1. The number of rotatable bonds is 4. The third kappa shape index (κ3) is 4.61. The van der Waals surface area contributed by atoms with E-state index in [9.17, 15) is 9.90 Å². The van der Waals surface area contributed by atoms with Crippen LogP contribution in [0.25, 0.3) is 0 Å². The maximum Gasteiger partial charge on any atom is 0.317 e. The molecule has 5 nitrogen and oxygen atoms in total. The van der Waals surface area contributed by atoms with Gasteiger partial charge in [0.1, 0.15) is 0 Å². The van der Waals surface area contributed by atoms with Gasteiger partial charge in [0, 0.05) is 39.4 Å². The molecule has 0 saturated carbocycles. The maximum atomic E-state index is 12.3. The molecule has 1 saturated heterocycles. The highest BCUT2D eigenvalue weighted by atomic mass is 16.3. The number of aliphatic hydroxyl groups is 1. The van der Waals surface area contributed by atoms with E-state index < -0.39 is 0 Å². The minimum atomic E-state index is -0.282. The Morgan fingerprint density at radius 1 is 1.39 bits per heavy atom. The van der Waals surface area contributed by atoms with E-state index in [4.69, 9.17) is 0 Å². The van der Waals surface area contributed by atoms with Crippen molar-refractivity contribution >= 4 is 11.7 Å². The number of urea groups is 1. The summed E-state index contributed by atoms with van der Waals surface area (Å²) in [5, 5.41) is 12.7. The number of hydrogen-bond acceptors (Lipinski definition) is 3. The fourth-order valence-electron chi connectivity index (χ4n) is 3.11. The number of anilines is 1. The van der Waals surface area contributed by atoms with Gasteiger partial charge in [0.25, 0.3) is 0 Å². The second kappa shape index (κ2) is 7.68. The Bertz CT molecular complexity index is 535. The SMILES string of the molecule is Cc1ccc(CNC(=O)N2CCC(C(C)O)CC2)c(N(C)C)c1. The smallest absolute Gasteiger partial charge is 0.317 e. The molecule has 5 heteroatoms. The summed E-state index contributed by atoms with van der Waals surface area (Å²) in [6.07, 6.45) is 1.47. The lowest BCUT2D eigenvalue weighted by Gasteiger charge is -2.33. The van der Waals surface area contributed by atoms with Crippen LogP contribution in [0.5, 0.6) is 0 Å². The van der Waals surface area contributed by atoms with Crippen molar-refractivity contribution in [3.63, 3.8) is 0 Å². The van der Waals surface area contributed by atoms with Crippen LogP contribution in [0.1, 0.15) is 30.9 Å². The topological polar surface area (TPSA) is 55.8 Å². The second-order valence-electron chi connectivity index (χ2n) is 6.75. The van der Waals surface area contributed by atoms with E-state index in [1.165, 1.54) is 5.56 Å². The van der Waals surface area contributed by atoms with Gasteiger partial charge in [0.2, 0.25) is 0 Å². The van der Waals surface area contributed by atoms with Gasteiger partial charge in [-0.3, -0.25) is 0 Å². The van der Waals surface area contributed by atoms with Crippen molar-refractivity contribution in [3.8, 4) is 0 Å². The highest BCUT2D eigenvalue weighted by Crippen LogP contribution is 2.22. The number of hydrogen-bond donors (Lipinski definition) is 2. The van der Waals surface area contributed by atoms with E-state index in [1.807, 2.05) is 25.9 Å². The molecule has 1 heterocycles. The molecular formula is C18H29N3O2. The Balaban J connectivity index is 1.90. The van der Waals surface area contributed by atoms with Crippen molar-refractivity contribution < 1.29 is 9.90 Å². The fraction of sp³-hybridized carbons (Fsp3) is 0.611. The van der Waals surface area contributed by atoms with E-state index >= 15 is 0 Å². The zero-order chi connectivity index (χ0) is 17.0. The van der Waals surface area contributed by atoms with Gasteiger partial charge in [-0.15, -0.1) is 0 Å². The Hall–Kier alpha value is -1.75. The monoisotopic (exact) mass is 319 g/mol. The van der Waals surface area contributed by atoms with Gasteiger partial charge in [0.15, 0.2) is 0 Å². The van der Waals surface area contributed by atoms with Gasteiger partial charge in [-0.05, 0) is 49.8 Å². The standard InChI is InChI=1S/C18H29N3O2/c1-13-5-6-16(17(11-13)20(3)4)12-19-18(23)21-9-7-15(8-10-21)14(2)22/h5-6,11,14-15,22H,7-10,12H2,1-4H3,(H,19,23). The summed E-state index contributed by atoms with van der Waals surface area (Å²) >= 11 is 0. The molecule has 0 aromatic heterocycles. The lowest BCUT2D eigenvalue weighted by Crippen LogP contribution is -2.45. The highest BCUT2D eigenvalue weighted by Gasteiger charge is 2.25. The first-order valence-corrected chi connectivity index (χ1v) is 8.36. The molecule has 0 radical (unpaired) electrons. The first kappa shape index (κ1) is 17.6. The van der Waals surface area contributed by atoms with Gasteiger partial charge >= 0.3 is 6.03 Å².